The molecule has 3 atom stereocenters. The van der Waals surface area contributed by atoms with Crippen LogP contribution in [0.15, 0.2) is 29.2 Å². The van der Waals surface area contributed by atoms with Crippen LogP contribution in [0.1, 0.15) is 31.7 Å². The van der Waals surface area contributed by atoms with Gasteiger partial charge in [0, 0.05) is 16.2 Å². The lowest BCUT2D eigenvalue weighted by molar-refractivity contribution is 0.542. The Bertz CT molecular complexity index is 405. The first-order valence-electron chi connectivity index (χ1n) is 6.41. The summed E-state index contributed by atoms with van der Waals surface area (Å²) in [5.41, 5.74) is 1.19. The van der Waals surface area contributed by atoms with Gasteiger partial charge in [0.15, 0.2) is 0 Å². The second-order valence-corrected chi connectivity index (χ2v) is 6.54. The van der Waals surface area contributed by atoms with Gasteiger partial charge in [-0.15, -0.1) is 0 Å². The minimum atomic E-state index is -0.833. The van der Waals surface area contributed by atoms with Crippen LogP contribution in [0.25, 0.3) is 0 Å². The molecule has 2 rings (SSSR count). The molecular weight excluding hydrogens is 230 g/mol. The summed E-state index contributed by atoms with van der Waals surface area (Å²) in [4.78, 5) is 0.993. The lowest BCUT2D eigenvalue weighted by atomic mass is 10.2. The molecular formula is C14H21NOS. The maximum absolute atomic E-state index is 12.4. The summed E-state index contributed by atoms with van der Waals surface area (Å²) in [6, 6.07) is 8.66. The molecule has 1 aromatic rings. The van der Waals surface area contributed by atoms with Crippen molar-refractivity contribution in [1.82, 2.24) is 5.32 Å². The Kier molecular flexibility index (Phi) is 4.35. The molecule has 1 aliphatic carbocycles. The van der Waals surface area contributed by atoms with Gasteiger partial charge in [-0.3, -0.25) is 4.21 Å². The van der Waals surface area contributed by atoms with E-state index in [1.54, 1.807) is 0 Å². The molecule has 3 unspecified atom stereocenters. The predicted molar refractivity (Wildman–Crippen MR) is 72.7 cm³/mol. The van der Waals surface area contributed by atoms with Gasteiger partial charge in [0.2, 0.25) is 0 Å². The third-order valence-corrected chi connectivity index (χ3v) is 5.15. The Balaban J connectivity index is 2.02. The predicted octanol–water partition coefficient (Wildman–Crippen LogP) is 2.63. The van der Waals surface area contributed by atoms with Crippen molar-refractivity contribution in [2.24, 2.45) is 0 Å². The van der Waals surface area contributed by atoms with E-state index in [0.717, 1.165) is 30.7 Å². The maximum Gasteiger partial charge on any atom is 0.0561 e. The van der Waals surface area contributed by atoms with Crippen molar-refractivity contribution in [3.8, 4) is 0 Å². The van der Waals surface area contributed by atoms with Crippen LogP contribution in [0.3, 0.4) is 0 Å². The number of rotatable bonds is 4. The molecule has 2 nitrogen and oxygen atoms in total. The van der Waals surface area contributed by atoms with Crippen molar-refractivity contribution >= 4 is 10.8 Å². The minimum absolute atomic E-state index is 0.334. The maximum atomic E-state index is 12.4. The van der Waals surface area contributed by atoms with E-state index in [2.05, 4.69) is 31.3 Å². The molecule has 1 aliphatic rings. The Labute approximate surface area is 106 Å². The molecule has 1 saturated carbocycles. The lowest BCUT2D eigenvalue weighted by Gasteiger charge is -2.12. The van der Waals surface area contributed by atoms with Gasteiger partial charge in [0.25, 0.3) is 0 Å². The summed E-state index contributed by atoms with van der Waals surface area (Å²) >= 11 is 0. The van der Waals surface area contributed by atoms with E-state index in [4.69, 9.17) is 0 Å². The van der Waals surface area contributed by atoms with E-state index in [-0.39, 0.29) is 0 Å². The molecule has 0 saturated heterocycles. The monoisotopic (exact) mass is 251 g/mol. The molecule has 1 fully saturated rings. The molecule has 0 radical (unpaired) electrons. The smallest absolute Gasteiger partial charge is 0.0561 e. The van der Waals surface area contributed by atoms with Crippen LogP contribution in [-0.4, -0.2) is 22.0 Å². The Hall–Kier alpha value is -0.670. The van der Waals surface area contributed by atoms with E-state index >= 15 is 0 Å². The van der Waals surface area contributed by atoms with E-state index in [1.165, 1.54) is 5.56 Å². The summed E-state index contributed by atoms with van der Waals surface area (Å²) in [6.45, 7) is 5.19. The topological polar surface area (TPSA) is 29.1 Å². The van der Waals surface area contributed by atoms with Crippen LogP contribution in [0.4, 0.5) is 0 Å². The number of benzene rings is 1. The number of nitrogens with one attached hydrogen (secondary N) is 1. The first-order valence-corrected chi connectivity index (χ1v) is 7.62. The second-order valence-electron chi connectivity index (χ2n) is 4.80. The van der Waals surface area contributed by atoms with Gasteiger partial charge in [-0.1, -0.05) is 19.1 Å². The Morgan fingerprint density at radius 1 is 1.41 bits per heavy atom. The third-order valence-electron chi connectivity index (χ3n) is 3.40. The summed E-state index contributed by atoms with van der Waals surface area (Å²) in [7, 11) is -0.833. The van der Waals surface area contributed by atoms with E-state index in [0.29, 0.717) is 11.3 Å². The molecule has 94 valence electrons. The van der Waals surface area contributed by atoms with Crippen LogP contribution in [0, 0.1) is 6.92 Å². The normalized spacial score (nSPS) is 26.0. The lowest BCUT2D eigenvalue weighted by Crippen LogP contribution is -2.27. The molecule has 17 heavy (non-hydrogen) atoms. The van der Waals surface area contributed by atoms with Crippen molar-refractivity contribution in [2.45, 2.75) is 49.3 Å². The molecule has 0 spiro atoms. The molecule has 0 aromatic heterocycles. The molecule has 0 heterocycles. The Morgan fingerprint density at radius 3 is 2.94 bits per heavy atom. The fourth-order valence-electron chi connectivity index (χ4n) is 2.54. The van der Waals surface area contributed by atoms with Gasteiger partial charge in [-0.05, 0) is 50.4 Å². The highest BCUT2D eigenvalue weighted by Crippen LogP contribution is 2.27. The summed E-state index contributed by atoms with van der Waals surface area (Å²) in [5, 5.41) is 3.79. The van der Waals surface area contributed by atoms with Crippen molar-refractivity contribution in [3.63, 3.8) is 0 Å². The van der Waals surface area contributed by atoms with Crippen LogP contribution in [-0.2, 0) is 10.8 Å². The van der Waals surface area contributed by atoms with Crippen molar-refractivity contribution in [3.05, 3.63) is 29.8 Å². The molecule has 0 amide bonds. The summed E-state index contributed by atoms with van der Waals surface area (Å²) in [5.74, 6) is 0. The van der Waals surface area contributed by atoms with Crippen molar-refractivity contribution in [1.29, 1.82) is 0 Å². The zero-order chi connectivity index (χ0) is 12.3. The van der Waals surface area contributed by atoms with Crippen molar-refractivity contribution in [2.75, 3.05) is 6.54 Å². The van der Waals surface area contributed by atoms with E-state index in [9.17, 15) is 4.21 Å². The molecule has 0 bridgehead atoms. The van der Waals surface area contributed by atoms with Gasteiger partial charge in [-0.2, -0.15) is 0 Å². The van der Waals surface area contributed by atoms with Crippen LogP contribution in [0.5, 0.6) is 0 Å². The molecule has 1 aromatic carbocycles. The van der Waals surface area contributed by atoms with Crippen LogP contribution in [0.2, 0.25) is 0 Å². The van der Waals surface area contributed by atoms with Gasteiger partial charge in [-0.25, -0.2) is 0 Å². The SMILES string of the molecule is CCNC1CCC(S(=O)c2cccc(C)c2)C1. The third kappa shape index (κ3) is 3.17. The average molecular weight is 251 g/mol. The largest absolute Gasteiger partial charge is 0.314 e. The number of hydrogen-bond acceptors (Lipinski definition) is 2. The van der Waals surface area contributed by atoms with Crippen molar-refractivity contribution < 1.29 is 4.21 Å². The van der Waals surface area contributed by atoms with Gasteiger partial charge < -0.3 is 5.32 Å². The highest BCUT2D eigenvalue weighted by molar-refractivity contribution is 7.85. The molecule has 1 N–H and O–H groups in total. The second kappa shape index (κ2) is 5.78. The highest BCUT2D eigenvalue weighted by atomic mass is 32.2. The molecule has 0 aliphatic heterocycles. The number of hydrogen-bond donors (Lipinski definition) is 1. The average Bonchev–Trinajstić information content (AvgIpc) is 2.77. The first kappa shape index (κ1) is 12.8. The Morgan fingerprint density at radius 2 is 2.24 bits per heavy atom. The summed E-state index contributed by atoms with van der Waals surface area (Å²) in [6.07, 6.45) is 3.29. The number of aryl methyl sites for hydroxylation is 1. The fraction of sp³-hybridized carbons (Fsp3) is 0.571. The minimum Gasteiger partial charge on any atom is -0.314 e. The fourth-order valence-corrected chi connectivity index (χ4v) is 4.20. The standard InChI is InChI=1S/C14H21NOS/c1-3-15-12-7-8-14(10-12)17(16)13-6-4-5-11(2)9-13/h4-6,9,12,14-15H,3,7-8,10H2,1-2H3. The summed E-state index contributed by atoms with van der Waals surface area (Å²) < 4.78 is 12.4. The van der Waals surface area contributed by atoms with Gasteiger partial charge in [0.1, 0.15) is 0 Å². The zero-order valence-electron chi connectivity index (χ0n) is 10.6. The van der Waals surface area contributed by atoms with E-state index in [1.807, 2.05) is 12.1 Å². The van der Waals surface area contributed by atoms with Crippen LogP contribution < -0.4 is 5.32 Å². The van der Waals surface area contributed by atoms with E-state index < -0.39 is 10.8 Å². The van der Waals surface area contributed by atoms with Gasteiger partial charge >= 0.3 is 0 Å². The van der Waals surface area contributed by atoms with Gasteiger partial charge in [0.05, 0.1) is 10.8 Å². The van der Waals surface area contributed by atoms with Crippen LogP contribution >= 0.6 is 0 Å². The zero-order valence-corrected chi connectivity index (χ0v) is 11.4. The highest BCUT2D eigenvalue weighted by Gasteiger charge is 2.28. The quantitative estimate of drug-likeness (QED) is 0.891. The first-order chi connectivity index (χ1) is 8.20. The molecule has 3 heteroatoms.